The first-order valence-electron chi connectivity index (χ1n) is 7.97. The van der Waals surface area contributed by atoms with E-state index in [0.717, 1.165) is 0 Å². The van der Waals surface area contributed by atoms with Crippen LogP contribution in [-0.4, -0.2) is 39.9 Å². The van der Waals surface area contributed by atoms with Crippen molar-refractivity contribution in [3.05, 3.63) is 11.3 Å². The summed E-state index contributed by atoms with van der Waals surface area (Å²) in [6, 6.07) is 0. The lowest BCUT2D eigenvalue weighted by atomic mass is 9.71. The van der Waals surface area contributed by atoms with Crippen LogP contribution in [0.3, 0.4) is 0 Å². The number of ether oxygens (including phenoxy) is 1. The predicted molar refractivity (Wildman–Crippen MR) is 85.4 cm³/mol. The minimum absolute atomic E-state index is 0.0691. The Hall–Kier alpha value is -1.82. The molecule has 3 aliphatic rings. The van der Waals surface area contributed by atoms with Crippen molar-refractivity contribution in [1.82, 2.24) is 0 Å². The van der Waals surface area contributed by atoms with Crippen molar-refractivity contribution in [2.45, 2.75) is 66.1 Å². The number of epoxide rings is 1. The van der Waals surface area contributed by atoms with Crippen LogP contribution in [0.4, 0.5) is 0 Å². The second kappa shape index (κ2) is 5.34. The third-order valence-corrected chi connectivity index (χ3v) is 4.96. The first-order chi connectivity index (χ1) is 10.7. The molecular formula is C18H24O6. The molecule has 1 saturated carbocycles. The molecule has 0 radical (unpaired) electrons. The fourth-order valence-corrected chi connectivity index (χ4v) is 3.43. The van der Waals surface area contributed by atoms with Gasteiger partial charge in [-0.2, -0.15) is 0 Å². The highest BCUT2D eigenvalue weighted by molar-refractivity contribution is 6.12. The van der Waals surface area contributed by atoms with Gasteiger partial charge in [-0.15, -0.1) is 0 Å². The summed E-state index contributed by atoms with van der Waals surface area (Å²) in [7, 11) is 0. The minimum atomic E-state index is -0.779. The number of Topliss-reactive ketones (excluding diaryl/α,β-unsaturated/α-hetero) is 4. The molecule has 2 fully saturated rings. The van der Waals surface area contributed by atoms with E-state index in [2.05, 4.69) is 0 Å². The van der Waals surface area contributed by atoms with Crippen molar-refractivity contribution in [2.75, 3.05) is 0 Å². The largest absolute Gasteiger partial charge is 0.504 e. The van der Waals surface area contributed by atoms with Gasteiger partial charge in [0.05, 0.1) is 0 Å². The van der Waals surface area contributed by atoms with Gasteiger partial charge in [-0.25, -0.2) is 0 Å². The molecule has 3 rings (SSSR count). The topological polar surface area (TPSA) is 101 Å². The van der Waals surface area contributed by atoms with Crippen LogP contribution in [0.1, 0.15) is 54.4 Å². The van der Waals surface area contributed by atoms with Crippen molar-refractivity contribution >= 4 is 23.1 Å². The molecule has 0 aromatic rings. The zero-order chi connectivity index (χ0) is 18.7. The zero-order valence-corrected chi connectivity index (χ0v) is 15.0. The van der Waals surface area contributed by atoms with E-state index in [1.54, 1.807) is 34.6 Å². The predicted octanol–water partition coefficient (Wildman–Crippen LogP) is 2.10. The molecule has 2 aliphatic carbocycles. The number of allylic oxidation sites excluding steroid dienone is 2. The van der Waals surface area contributed by atoms with Gasteiger partial charge in [0, 0.05) is 29.2 Å². The number of rotatable bonds is 0. The van der Waals surface area contributed by atoms with E-state index in [1.165, 1.54) is 6.92 Å². The normalized spacial score (nSPS) is 33.7. The number of carbonyl (C=O) groups excluding carboxylic acids is 4. The van der Waals surface area contributed by atoms with Crippen LogP contribution in [0.15, 0.2) is 11.3 Å². The van der Waals surface area contributed by atoms with E-state index in [4.69, 9.17) is 9.84 Å². The van der Waals surface area contributed by atoms with E-state index in [0.29, 0.717) is 6.42 Å². The molecule has 0 aromatic carbocycles. The van der Waals surface area contributed by atoms with Crippen molar-refractivity contribution in [1.29, 1.82) is 0 Å². The van der Waals surface area contributed by atoms with Gasteiger partial charge in [0.25, 0.3) is 0 Å². The Labute approximate surface area is 141 Å². The van der Waals surface area contributed by atoms with E-state index >= 15 is 0 Å². The first-order valence-corrected chi connectivity index (χ1v) is 7.97. The summed E-state index contributed by atoms with van der Waals surface area (Å²) in [6.07, 6.45) is -0.000741. The molecular weight excluding hydrogens is 312 g/mol. The van der Waals surface area contributed by atoms with Crippen LogP contribution in [0.25, 0.3) is 0 Å². The molecule has 132 valence electrons. The van der Waals surface area contributed by atoms with Gasteiger partial charge < -0.3 is 9.84 Å². The van der Waals surface area contributed by atoms with Crippen LogP contribution in [0, 0.1) is 10.8 Å². The summed E-state index contributed by atoms with van der Waals surface area (Å²) in [5.74, 6) is -0.697. The van der Waals surface area contributed by atoms with Crippen LogP contribution < -0.4 is 0 Å². The van der Waals surface area contributed by atoms with Crippen molar-refractivity contribution in [3.8, 4) is 0 Å². The van der Waals surface area contributed by atoms with Gasteiger partial charge in [0.15, 0.2) is 40.6 Å². The highest BCUT2D eigenvalue weighted by Crippen LogP contribution is 2.49. The summed E-state index contributed by atoms with van der Waals surface area (Å²) in [4.78, 5) is 45.5. The Kier molecular flexibility index (Phi) is 4.12. The number of ketones is 4. The molecule has 24 heavy (non-hydrogen) atoms. The lowest BCUT2D eigenvalue weighted by Gasteiger charge is -2.27. The standard InChI is InChI=1S/2C9H12O3/c1-8(2)4-5(10)6-9(3,12-6)7(8)11;1-5-7(11)6(10)4-9(2,3)8(5)12/h6H,4H2,1-3H3;11H,4H2,1-3H3. The Bertz CT molecular complexity index is 675. The van der Waals surface area contributed by atoms with Gasteiger partial charge in [-0.05, 0) is 13.8 Å². The summed E-state index contributed by atoms with van der Waals surface area (Å²) < 4.78 is 5.13. The summed E-state index contributed by atoms with van der Waals surface area (Å²) >= 11 is 0. The third-order valence-electron chi connectivity index (χ3n) is 4.96. The zero-order valence-electron chi connectivity index (χ0n) is 15.0. The molecule has 1 saturated heterocycles. The number of fused-ring (bicyclic) bond motifs is 1. The molecule has 0 amide bonds. The van der Waals surface area contributed by atoms with E-state index in [-0.39, 0.29) is 40.9 Å². The number of hydrogen-bond acceptors (Lipinski definition) is 6. The van der Waals surface area contributed by atoms with E-state index < -0.39 is 22.5 Å². The van der Waals surface area contributed by atoms with Crippen molar-refractivity contribution in [3.63, 3.8) is 0 Å². The quantitative estimate of drug-likeness (QED) is 0.680. The first kappa shape index (κ1) is 18.5. The number of hydrogen-bond donors (Lipinski definition) is 1. The molecule has 0 aromatic heterocycles. The Morgan fingerprint density at radius 2 is 1.50 bits per heavy atom. The number of aliphatic hydroxyl groups is 1. The van der Waals surface area contributed by atoms with Crippen LogP contribution >= 0.6 is 0 Å². The molecule has 2 atom stereocenters. The molecule has 1 N–H and O–H groups in total. The monoisotopic (exact) mass is 336 g/mol. The van der Waals surface area contributed by atoms with Crippen molar-refractivity contribution in [2.24, 2.45) is 10.8 Å². The second-order valence-corrected chi connectivity index (χ2v) is 8.25. The average molecular weight is 336 g/mol. The highest BCUT2D eigenvalue weighted by Gasteiger charge is 2.68. The smallest absolute Gasteiger partial charge is 0.198 e. The van der Waals surface area contributed by atoms with Gasteiger partial charge in [-0.1, -0.05) is 27.7 Å². The Morgan fingerprint density at radius 3 is 2.04 bits per heavy atom. The Morgan fingerprint density at radius 1 is 0.958 bits per heavy atom. The summed E-state index contributed by atoms with van der Waals surface area (Å²) in [5.41, 5.74) is -1.76. The van der Waals surface area contributed by atoms with E-state index in [1.807, 2.05) is 0 Å². The van der Waals surface area contributed by atoms with Crippen molar-refractivity contribution < 1.29 is 29.0 Å². The molecule has 0 bridgehead atoms. The lowest BCUT2D eigenvalue weighted by molar-refractivity contribution is -0.137. The maximum Gasteiger partial charge on any atom is 0.198 e. The summed E-state index contributed by atoms with van der Waals surface area (Å²) in [5, 5.41) is 9.16. The van der Waals surface area contributed by atoms with Crippen LogP contribution in [-0.2, 0) is 23.9 Å². The Balaban J connectivity index is 0.000000174. The number of carbonyl (C=O) groups is 4. The summed E-state index contributed by atoms with van der Waals surface area (Å²) in [6.45, 7) is 10.2. The number of aliphatic hydroxyl groups excluding tert-OH is 1. The SMILES string of the molecule is CC1(C)CC(=O)C2OC2(C)C1=O.CC1=C(O)C(=O)CC(C)(C)C1=O. The minimum Gasteiger partial charge on any atom is -0.504 e. The molecule has 1 aliphatic heterocycles. The molecule has 6 nitrogen and oxygen atoms in total. The fourth-order valence-electron chi connectivity index (χ4n) is 3.43. The third kappa shape index (κ3) is 2.83. The highest BCUT2D eigenvalue weighted by atomic mass is 16.6. The second-order valence-electron chi connectivity index (χ2n) is 8.25. The molecule has 6 heteroatoms. The maximum absolute atomic E-state index is 11.7. The van der Waals surface area contributed by atoms with Gasteiger partial charge >= 0.3 is 0 Å². The molecule has 1 heterocycles. The molecule has 0 spiro atoms. The van der Waals surface area contributed by atoms with Gasteiger partial charge in [0.2, 0.25) is 0 Å². The maximum atomic E-state index is 11.7. The lowest BCUT2D eigenvalue weighted by Crippen LogP contribution is -2.45. The average Bonchev–Trinajstić information content (AvgIpc) is 3.15. The van der Waals surface area contributed by atoms with Crippen LogP contribution in [0.2, 0.25) is 0 Å². The fraction of sp³-hybridized carbons (Fsp3) is 0.667. The van der Waals surface area contributed by atoms with Crippen LogP contribution in [0.5, 0.6) is 0 Å². The van der Waals surface area contributed by atoms with Gasteiger partial charge in [-0.3, -0.25) is 19.2 Å². The van der Waals surface area contributed by atoms with E-state index in [9.17, 15) is 19.2 Å². The van der Waals surface area contributed by atoms with Gasteiger partial charge in [0.1, 0.15) is 0 Å². The molecule has 2 unspecified atom stereocenters.